The summed E-state index contributed by atoms with van der Waals surface area (Å²) in [5.74, 6) is -2.04. The van der Waals surface area contributed by atoms with E-state index in [-0.39, 0.29) is 6.54 Å². The number of urea groups is 1. The second-order valence-corrected chi connectivity index (χ2v) is 4.02. The van der Waals surface area contributed by atoms with Crippen molar-refractivity contribution in [1.29, 1.82) is 0 Å². The van der Waals surface area contributed by atoms with Gasteiger partial charge in [0, 0.05) is 24.6 Å². The van der Waals surface area contributed by atoms with Crippen LogP contribution in [0.3, 0.4) is 0 Å². The molecule has 0 fully saturated rings. The predicted molar refractivity (Wildman–Crippen MR) is 63.9 cm³/mol. The van der Waals surface area contributed by atoms with Gasteiger partial charge in [0.25, 0.3) is 5.91 Å². The van der Waals surface area contributed by atoms with Crippen LogP contribution in [0.25, 0.3) is 0 Å². The second-order valence-electron chi connectivity index (χ2n) is 3.30. The number of aromatic nitrogens is 1. The van der Waals surface area contributed by atoms with Crippen LogP contribution in [0.2, 0.25) is 0 Å². The third-order valence-corrected chi connectivity index (χ3v) is 2.47. The standard InChI is InChI=1S/C10H11N3O4S/c1-13(4-7-5-18-6-11-7)10(17)12-8(14)2-3-9(15)16/h2-3,5-6H,4H2,1H3,(H,15,16)(H,12,14,17)/b3-2+. The fourth-order valence-corrected chi connectivity index (χ4v) is 1.57. The van der Waals surface area contributed by atoms with Gasteiger partial charge in [-0.25, -0.2) is 14.6 Å². The lowest BCUT2D eigenvalue weighted by Gasteiger charge is -2.15. The minimum Gasteiger partial charge on any atom is -0.478 e. The first-order valence-corrected chi connectivity index (χ1v) is 5.77. The lowest BCUT2D eigenvalue weighted by Crippen LogP contribution is -2.39. The van der Waals surface area contributed by atoms with E-state index in [0.29, 0.717) is 11.8 Å². The minimum absolute atomic E-state index is 0.269. The third-order valence-electron chi connectivity index (χ3n) is 1.84. The molecule has 0 aromatic carbocycles. The summed E-state index contributed by atoms with van der Waals surface area (Å²) in [5, 5.41) is 12.1. The van der Waals surface area contributed by atoms with Crippen LogP contribution in [0, 0.1) is 0 Å². The molecule has 0 atom stereocenters. The molecule has 0 aliphatic heterocycles. The molecule has 0 saturated heterocycles. The summed E-state index contributed by atoms with van der Waals surface area (Å²) >= 11 is 1.41. The van der Waals surface area contributed by atoms with E-state index in [2.05, 4.69) is 4.98 Å². The van der Waals surface area contributed by atoms with Crippen molar-refractivity contribution in [1.82, 2.24) is 15.2 Å². The summed E-state index contributed by atoms with van der Waals surface area (Å²) in [7, 11) is 1.50. The molecule has 0 radical (unpaired) electrons. The van der Waals surface area contributed by atoms with Crippen LogP contribution >= 0.6 is 11.3 Å². The van der Waals surface area contributed by atoms with Crippen LogP contribution < -0.4 is 5.32 Å². The summed E-state index contributed by atoms with van der Waals surface area (Å²) < 4.78 is 0. The highest BCUT2D eigenvalue weighted by atomic mass is 32.1. The Morgan fingerprint density at radius 2 is 2.22 bits per heavy atom. The Labute approximate surface area is 107 Å². The zero-order valence-corrected chi connectivity index (χ0v) is 10.3. The number of carbonyl (C=O) groups excluding carboxylic acids is 2. The van der Waals surface area contributed by atoms with Crippen molar-refractivity contribution in [2.24, 2.45) is 0 Å². The van der Waals surface area contributed by atoms with Gasteiger partial charge in [0.2, 0.25) is 0 Å². The number of imide groups is 1. The van der Waals surface area contributed by atoms with Crippen molar-refractivity contribution in [3.8, 4) is 0 Å². The molecule has 1 aromatic rings. The maximum absolute atomic E-state index is 11.5. The van der Waals surface area contributed by atoms with Gasteiger partial charge in [-0.15, -0.1) is 11.3 Å². The van der Waals surface area contributed by atoms with E-state index < -0.39 is 17.9 Å². The lowest BCUT2D eigenvalue weighted by atomic mass is 10.4. The summed E-state index contributed by atoms with van der Waals surface area (Å²) in [6.45, 7) is 0.269. The number of carboxylic acids is 1. The van der Waals surface area contributed by atoms with Gasteiger partial charge in [-0.05, 0) is 0 Å². The van der Waals surface area contributed by atoms with Gasteiger partial charge in [-0.2, -0.15) is 0 Å². The molecule has 1 rings (SSSR count). The fraction of sp³-hybridized carbons (Fsp3) is 0.200. The van der Waals surface area contributed by atoms with Crippen LogP contribution in [-0.4, -0.2) is 39.9 Å². The quantitative estimate of drug-likeness (QED) is 0.773. The first kappa shape index (κ1) is 13.8. The van der Waals surface area contributed by atoms with Crippen molar-refractivity contribution in [2.45, 2.75) is 6.54 Å². The number of nitrogens with zero attached hydrogens (tertiary/aromatic N) is 2. The highest BCUT2D eigenvalue weighted by molar-refractivity contribution is 7.07. The molecule has 1 heterocycles. The van der Waals surface area contributed by atoms with Gasteiger partial charge in [0.05, 0.1) is 17.7 Å². The molecule has 2 N–H and O–H groups in total. The first-order valence-electron chi connectivity index (χ1n) is 4.83. The predicted octanol–water partition coefficient (Wildman–Crippen LogP) is 0.452. The number of carboxylic acid groups (broad SMARTS) is 1. The van der Waals surface area contributed by atoms with Gasteiger partial charge in [0.15, 0.2) is 0 Å². The second kappa shape index (κ2) is 6.50. The minimum atomic E-state index is -1.26. The molecule has 0 bridgehead atoms. The normalized spacial score (nSPS) is 10.3. The number of hydrogen-bond acceptors (Lipinski definition) is 5. The average molecular weight is 269 g/mol. The van der Waals surface area contributed by atoms with E-state index in [9.17, 15) is 14.4 Å². The van der Waals surface area contributed by atoms with Gasteiger partial charge in [-0.1, -0.05) is 0 Å². The average Bonchev–Trinajstić information content (AvgIpc) is 2.79. The highest BCUT2D eigenvalue weighted by Crippen LogP contribution is 2.03. The lowest BCUT2D eigenvalue weighted by molar-refractivity contribution is -0.131. The van der Waals surface area contributed by atoms with Gasteiger partial charge in [-0.3, -0.25) is 10.1 Å². The molecule has 0 aliphatic carbocycles. The van der Waals surface area contributed by atoms with E-state index in [1.807, 2.05) is 5.32 Å². The van der Waals surface area contributed by atoms with E-state index in [0.717, 1.165) is 6.08 Å². The monoisotopic (exact) mass is 269 g/mol. The molecule has 0 spiro atoms. The Morgan fingerprint density at radius 3 is 2.78 bits per heavy atom. The summed E-state index contributed by atoms with van der Waals surface area (Å²) in [4.78, 5) is 38.1. The van der Waals surface area contributed by atoms with E-state index in [1.165, 1.54) is 23.3 Å². The maximum atomic E-state index is 11.5. The van der Waals surface area contributed by atoms with Crippen molar-refractivity contribution >= 4 is 29.2 Å². The number of nitrogens with one attached hydrogen (secondary N) is 1. The van der Waals surface area contributed by atoms with Crippen molar-refractivity contribution < 1.29 is 19.5 Å². The van der Waals surface area contributed by atoms with Crippen molar-refractivity contribution in [3.05, 3.63) is 28.7 Å². The molecule has 18 heavy (non-hydrogen) atoms. The van der Waals surface area contributed by atoms with Crippen LogP contribution in [0.5, 0.6) is 0 Å². The number of carbonyl (C=O) groups is 3. The number of hydrogen-bond donors (Lipinski definition) is 2. The third kappa shape index (κ3) is 4.74. The fourth-order valence-electron chi connectivity index (χ4n) is 1.02. The Balaban J connectivity index is 2.45. The van der Waals surface area contributed by atoms with Crippen molar-refractivity contribution in [2.75, 3.05) is 7.05 Å². The number of thiazole rings is 1. The van der Waals surface area contributed by atoms with Crippen LogP contribution in [0.1, 0.15) is 5.69 Å². The molecular formula is C10H11N3O4S. The largest absolute Gasteiger partial charge is 0.478 e. The molecule has 7 nitrogen and oxygen atoms in total. The summed E-state index contributed by atoms with van der Waals surface area (Å²) in [5.41, 5.74) is 2.35. The summed E-state index contributed by atoms with van der Waals surface area (Å²) in [6.07, 6.45) is 1.43. The Morgan fingerprint density at radius 1 is 1.50 bits per heavy atom. The summed E-state index contributed by atoms with van der Waals surface area (Å²) in [6, 6.07) is -0.622. The van der Waals surface area contributed by atoms with Gasteiger partial charge in [0.1, 0.15) is 0 Å². The molecular weight excluding hydrogens is 258 g/mol. The molecule has 3 amide bonds. The number of aliphatic carboxylic acids is 1. The van der Waals surface area contributed by atoms with E-state index in [4.69, 9.17) is 5.11 Å². The SMILES string of the molecule is CN(Cc1cscn1)C(=O)NC(=O)/C=C/C(=O)O. The van der Waals surface area contributed by atoms with Crippen LogP contribution in [-0.2, 0) is 16.1 Å². The van der Waals surface area contributed by atoms with Gasteiger partial charge >= 0.3 is 12.0 Å². The van der Waals surface area contributed by atoms with Gasteiger partial charge < -0.3 is 10.0 Å². The first-order chi connectivity index (χ1) is 8.49. The highest BCUT2D eigenvalue weighted by Gasteiger charge is 2.12. The molecule has 1 aromatic heterocycles. The smallest absolute Gasteiger partial charge is 0.328 e. The van der Waals surface area contributed by atoms with Crippen LogP contribution in [0.15, 0.2) is 23.0 Å². The number of rotatable bonds is 4. The Bertz CT molecular complexity index is 469. The number of amides is 3. The molecule has 96 valence electrons. The molecule has 0 aliphatic rings. The Hall–Kier alpha value is -2.22. The van der Waals surface area contributed by atoms with E-state index >= 15 is 0 Å². The zero-order chi connectivity index (χ0) is 13.5. The molecule has 0 unspecified atom stereocenters. The molecule has 8 heteroatoms. The topological polar surface area (TPSA) is 99.6 Å². The zero-order valence-electron chi connectivity index (χ0n) is 9.49. The maximum Gasteiger partial charge on any atom is 0.328 e. The van der Waals surface area contributed by atoms with Crippen molar-refractivity contribution in [3.63, 3.8) is 0 Å². The molecule has 0 saturated carbocycles. The van der Waals surface area contributed by atoms with E-state index in [1.54, 1.807) is 10.9 Å². The Kier molecular flexibility index (Phi) is 5.00. The van der Waals surface area contributed by atoms with Crippen LogP contribution in [0.4, 0.5) is 4.79 Å².